The maximum absolute atomic E-state index is 13.6. The fourth-order valence-electron chi connectivity index (χ4n) is 2.24. The lowest BCUT2D eigenvalue weighted by Gasteiger charge is -2.19. The lowest BCUT2D eigenvalue weighted by molar-refractivity contribution is 0.0276. The molecule has 2 aromatic rings. The topological polar surface area (TPSA) is 58.6 Å². The van der Waals surface area contributed by atoms with Crippen molar-refractivity contribution >= 4 is 5.91 Å². The highest BCUT2D eigenvalue weighted by Crippen LogP contribution is 2.18. The zero-order valence-electron chi connectivity index (χ0n) is 13.3. The van der Waals surface area contributed by atoms with Crippen LogP contribution in [0.25, 0.3) is 0 Å². The Morgan fingerprint density at radius 3 is 2.38 bits per heavy atom. The molecule has 0 saturated heterocycles. The van der Waals surface area contributed by atoms with E-state index in [9.17, 15) is 13.6 Å². The maximum atomic E-state index is 13.6. The molecule has 0 saturated carbocycles. The van der Waals surface area contributed by atoms with Gasteiger partial charge in [0.05, 0.1) is 19.3 Å². The lowest BCUT2D eigenvalue weighted by atomic mass is 10.1. The molecule has 0 fully saturated rings. The molecule has 1 amide bonds. The molecule has 4 nitrogen and oxygen atoms in total. The summed E-state index contributed by atoms with van der Waals surface area (Å²) in [5.41, 5.74) is 1.24. The normalized spacial score (nSPS) is 12.0. The third-order valence-electron chi connectivity index (χ3n) is 3.50. The number of aliphatic hydroxyl groups is 1. The van der Waals surface area contributed by atoms with Crippen molar-refractivity contribution in [3.05, 3.63) is 70.8 Å². The minimum absolute atomic E-state index is 0.0235. The molecule has 0 aliphatic rings. The predicted molar refractivity (Wildman–Crippen MR) is 85.6 cm³/mol. The van der Waals surface area contributed by atoms with Crippen LogP contribution in [0.1, 0.15) is 27.6 Å². The zero-order chi connectivity index (χ0) is 17.5. The van der Waals surface area contributed by atoms with Gasteiger partial charge in [-0.15, -0.1) is 0 Å². The number of halogens is 2. The van der Waals surface area contributed by atoms with Crippen LogP contribution in [0.15, 0.2) is 42.5 Å². The van der Waals surface area contributed by atoms with E-state index in [4.69, 9.17) is 9.84 Å². The predicted octanol–water partition coefficient (Wildman–Crippen LogP) is 2.75. The summed E-state index contributed by atoms with van der Waals surface area (Å²) in [5.74, 6) is -2.69. The van der Waals surface area contributed by atoms with Gasteiger partial charge in [-0.1, -0.05) is 35.9 Å². The molecule has 0 aromatic heterocycles. The van der Waals surface area contributed by atoms with Crippen LogP contribution in [0.3, 0.4) is 0 Å². The highest BCUT2D eigenvalue weighted by Gasteiger charge is 2.19. The van der Waals surface area contributed by atoms with Crippen molar-refractivity contribution in [3.8, 4) is 0 Å². The highest BCUT2D eigenvalue weighted by molar-refractivity contribution is 5.94. The number of amides is 1. The Balaban J connectivity index is 2.09. The molecular weight excluding hydrogens is 316 g/mol. The van der Waals surface area contributed by atoms with Crippen molar-refractivity contribution in [2.45, 2.75) is 13.0 Å². The lowest BCUT2D eigenvalue weighted by Crippen LogP contribution is -2.31. The van der Waals surface area contributed by atoms with E-state index in [2.05, 4.69) is 5.32 Å². The fraction of sp³-hybridized carbons (Fsp3) is 0.278. The number of benzene rings is 2. The van der Waals surface area contributed by atoms with Crippen LogP contribution in [-0.4, -0.2) is 30.8 Å². The van der Waals surface area contributed by atoms with Gasteiger partial charge < -0.3 is 15.2 Å². The van der Waals surface area contributed by atoms with Gasteiger partial charge in [-0.2, -0.15) is 0 Å². The first kappa shape index (κ1) is 18.0. The van der Waals surface area contributed by atoms with Gasteiger partial charge in [-0.25, -0.2) is 8.78 Å². The van der Waals surface area contributed by atoms with Crippen molar-refractivity contribution in [1.82, 2.24) is 5.32 Å². The molecule has 0 aliphatic carbocycles. The van der Waals surface area contributed by atoms with Gasteiger partial charge in [0.2, 0.25) is 0 Å². The van der Waals surface area contributed by atoms with Crippen molar-refractivity contribution in [3.63, 3.8) is 0 Å². The van der Waals surface area contributed by atoms with Gasteiger partial charge in [0, 0.05) is 6.54 Å². The van der Waals surface area contributed by atoms with Gasteiger partial charge in [0.1, 0.15) is 17.2 Å². The first-order valence-corrected chi connectivity index (χ1v) is 7.54. The van der Waals surface area contributed by atoms with Crippen LogP contribution >= 0.6 is 0 Å². The smallest absolute Gasteiger partial charge is 0.257 e. The fourth-order valence-corrected chi connectivity index (χ4v) is 2.24. The summed E-state index contributed by atoms with van der Waals surface area (Å²) in [6.07, 6.45) is -0.531. The van der Waals surface area contributed by atoms with Gasteiger partial charge in [0.25, 0.3) is 5.91 Å². The van der Waals surface area contributed by atoms with E-state index in [0.717, 1.165) is 23.3 Å². The van der Waals surface area contributed by atoms with Crippen LogP contribution in [0.4, 0.5) is 8.78 Å². The van der Waals surface area contributed by atoms with E-state index in [0.29, 0.717) is 0 Å². The van der Waals surface area contributed by atoms with Gasteiger partial charge >= 0.3 is 0 Å². The van der Waals surface area contributed by atoms with E-state index in [1.807, 2.05) is 31.2 Å². The molecule has 24 heavy (non-hydrogen) atoms. The van der Waals surface area contributed by atoms with E-state index in [1.54, 1.807) is 0 Å². The van der Waals surface area contributed by atoms with Crippen LogP contribution in [-0.2, 0) is 4.74 Å². The zero-order valence-corrected chi connectivity index (χ0v) is 13.3. The van der Waals surface area contributed by atoms with E-state index in [1.165, 1.54) is 6.07 Å². The van der Waals surface area contributed by atoms with E-state index < -0.39 is 29.2 Å². The van der Waals surface area contributed by atoms with Crippen LogP contribution in [0.5, 0.6) is 0 Å². The Morgan fingerprint density at radius 2 is 1.79 bits per heavy atom. The molecular formula is C18H19F2NO3. The van der Waals surface area contributed by atoms with Crippen molar-refractivity contribution in [1.29, 1.82) is 0 Å². The second-order valence-corrected chi connectivity index (χ2v) is 5.30. The van der Waals surface area contributed by atoms with Crippen molar-refractivity contribution < 1.29 is 23.4 Å². The second-order valence-electron chi connectivity index (χ2n) is 5.30. The molecule has 0 radical (unpaired) electrons. The standard InChI is InChI=1S/C18H19F2NO3/c1-12-5-7-13(8-6-12)16(24-10-9-22)11-21-18(23)17-14(19)3-2-4-15(17)20/h2-8,16,22H,9-11H2,1H3,(H,21,23). The average Bonchev–Trinajstić information content (AvgIpc) is 2.56. The molecule has 6 heteroatoms. The third-order valence-corrected chi connectivity index (χ3v) is 3.50. The number of ether oxygens (including phenoxy) is 1. The average molecular weight is 335 g/mol. The third kappa shape index (κ3) is 4.59. The number of carbonyl (C=O) groups excluding carboxylic acids is 1. The molecule has 128 valence electrons. The summed E-state index contributed by atoms with van der Waals surface area (Å²) in [4.78, 5) is 12.1. The first-order chi connectivity index (χ1) is 11.5. The molecule has 2 aromatic carbocycles. The molecule has 0 bridgehead atoms. The Hall–Kier alpha value is -2.31. The Kier molecular flexibility index (Phi) is 6.40. The quantitative estimate of drug-likeness (QED) is 0.818. The van der Waals surface area contributed by atoms with Crippen LogP contribution in [0.2, 0.25) is 0 Å². The maximum Gasteiger partial charge on any atom is 0.257 e. The summed E-state index contributed by atoms with van der Waals surface area (Å²) in [5, 5.41) is 11.4. The summed E-state index contributed by atoms with van der Waals surface area (Å²) in [6.45, 7) is 1.88. The Labute approximate surface area is 139 Å². The minimum atomic E-state index is -0.921. The number of rotatable bonds is 7. The van der Waals surface area contributed by atoms with Crippen molar-refractivity contribution in [2.75, 3.05) is 19.8 Å². The Morgan fingerprint density at radius 1 is 1.17 bits per heavy atom. The second kappa shape index (κ2) is 8.52. The summed E-state index contributed by atoms with van der Waals surface area (Å²) in [7, 11) is 0. The number of nitrogens with one attached hydrogen (secondary N) is 1. The first-order valence-electron chi connectivity index (χ1n) is 7.54. The summed E-state index contributed by atoms with van der Waals surface area (Å²) in [6, 6.07) is 10.7. The Bertz CT molecular complexity index is 669. The molecule has 0 aliphatic heterocycles. The molecule has 1 unspecified atom stereocenters. The molecule has 0 spiro atoms. The SMILES string of the molecule is Cc1ccc(C(CNC(=O)c2c(F)cccc2F)OCCO)cc1. The molecule has 2 N–H and O–H groups in total. The highest BCUT2D eigenvalue weighted by atomic mass is 19.1. The van der Waals surface area contributed by atoms with Gasteiger partial charge in [-0.05, 0) is 24.6 Å². The monoisotopic (exact) mass is 335 g/mol. The number of aryl methyl sites for hydroxylation is 1. The van der Waals surface area contributed by atoms with E-state index in [-0.39, 0.29) is 19.8 Å². The number of carbonyl (C=O) groups is 1. The molecule has 2 rings (SSSR count). The largest absolute Gasteiger partial charge is 0.394 e. The summed E-state index contributed by atoms with van der Waals surface area (Å²) >= 11 is 0. The van der Waals surface area contributed by atoms with Crippen molar-refractivity contribution in [2.24, 2.45) is 0 Å². The van der Waals surface area contributed by atoms with Gasteiger partial charge in [-0.3, -0.25) is 4.79 Å². The number of aliphatic hydroxyl groups excluding tert-OH is 1. The minimum Gasteiger partial charge on any atom is -0.394 e. The number of hydrogen-bond acceptors (Lipinski definition) is 3. The van der Waals surface area contributed by atoms with Crippen LogP contribution < -0.4 is 5.32 Å². The van der Waals surface area contributed by atoms with E-state index >= 15 is 0 Å². The molecule has 1 atom stereocenters. The van der Waals surface area contributed by atoms with Gasteiger partial charge in [0.15, 0.2) is 0 Å². The van der Waals surface area contributed by atoms with Crippen LogP contribution in [0, 0.1) is 18.6 Å². The molecule has 0 heterocycles. The number of hydrogen-bond donors (Lipinski definition) is 2. The summed E-state index contributed by atoms with van der Waals surface area (Å²) < 4.78 is 32.8.